The zero-order valence-corrected chi connectivity index (χ0v) is 16.5. The number of carbonyl (C=O) groups is 1. The van der Waals surface area contributed by atoms with E-state index < -0.39 is 11.9 Å². The normalized spacial score (nSPS) is 13.6. The van der Waals surface area contributed by atoms with Crippen molar-refractivity contribution in [1.82, 2.24) is 9.97 Å². The number of fused-ring (bicyclic) bond motifs is 2. The molecule has 3 heterocycles. The van der Waals surface area contributed by atoms with Gasteiger partial charge < -0.3 is 19.9 Å². The molecule has 1 unspecified atom stereocenters. The Morgan fingerprint density at radius 3 is 2.89 bits per heavy atom. The van der Waals surface area contributed by atoms with Crippen LogP contribution in [0.4, 0.5) is 5.82 Å². The highest BCUT2D eigenvalue weighted by molar-refractivity contribution is 7.18. The van der Waals surface area contributed by atoms with Gasteiger partial charge in [0.15, 0.2) is 11.5 Å². The summed E-state index contributed by atoms with van der Waals surface area (Å²) in [6, 6.07) is 7.82. The summed E-state index contributed by atoms with van der Waals surface area (Å²) >= 11 is 1.55. The Labute approximate surface area is 166 Å². The molecule has 2 N–H and O–H groups in total. The van der Waals surface area contributed by atoms with Crippen molar-refractivity contribution in [2.24, 2.45) is 0 Å². The van der Waals surface area contributed by atoms with Crippen LogP contribution in [0, 0.1) is 6.92 Å². The molecule has 0 radical (unpaired) electrons. The summed E-state index contributed by atoms with van der Waals surface area (Å²) in [6.45, 7) is 4.74. The Bertz CT molecular complexity index is 1030. The fourth-order valence-electron chi connectivity index (χ4n) is 3.24. The van der Waals surface area contributed by atoms with Crippen molar-refractivity contribution in [3.63, 3.8) is 0 Å². The number of nitrogens with zero attached hydrogens (tertiary/aromatic N) is 2. The van der Waals surface area contributed by atoms with E-state index in [1.54, 1.807) is 11.3 Å². The minimum atomic E-state index is -0.892. The van der Waals surface area contributed by atoms with Crippen molar-refractivity contribution in [3.8, 4) is 11.5 Å². The highest BCUT2D eigenvalue weighted by Gasteiger charge is 2.24. The Balaban J connectivity index is 1.65. The number of hydrogen-bond donors (Lipinski definition) is 2. The van der Waals surface area contributed by atoms with E-state index in [-0.39, 0.29) is 6.79 Å². The molecule has 146 valence electrons. The topological polar surface area (TPSA) is 93.6 Å². The number of nitrogens with one attached hydrogen (secondary N) is 1. The van der Waals surface area contributed by atoms with E-state index in [1.165, 1.54) is 0 Å². The summed E-state index contributed by atoms with van der Waals surface area (Å²) in [6.07, 6.45) is 1.26. The van der Waals surface area contributed by atoms with Gasteiger partial charge in [-0.25, -0.2) is 9.97 Å². The van der Waals surface area contributed by atoms with Crippen LogP contribution in [-0.4, -0.2) is 27.8 Å². The highest BCUT2D eigenvalue weighted by atomic mass is 32.1. The van der Waals surface area contributed by atoms with Gasteiger partial charge in [-0.1, -0.05) is 19.4 Å². The number of aliphatic carboxylic acids is 1. The van der Waals surface area contributed by atoms with E-state index in [2.05, 4.69) is 15.3 Å². The smallest absolute Gasteiger partial charge is 0.314 e. The molecule has 0 fully saturated rings. The van der Waals surface area contributed by atoms with Crippen LogP contribution < -0.4 is 14.8 Å². The largest absolute Gasteiger partial charge is 0.481 e. The van der Waals surface area contributed by atoms with Crippen LogP contribution >= 0.6 is 11.3 Å². The summed E-state index contributed by atoms with van der Waals surface area (Å²) < 4.78 is 10.8. The lowest BCUT2D eigenvalue weighted by atomic mass is 10.0. The average molecular weight is 399 g/mol. The number of aryl methyl sites for hydroxylation is 1. The molecule has 7 nitrogen and oxygen atoms in total. The zero-order valence-electron chi connectivity index (χ0n) is 15.7. The molecule has 8 heteroatoms. The van der Waals surface area contributed by atoms with Crippen LogP contribution in [0.1, 0.15) is 41.9 Å². The predicted molar refractivity (Wildman–Crippen MR) is 107 cm³/mol. The maximum Gasteiger partial charge on any atom is 0.314 e. The van der Waals surface area contributed by atoms with E-state index in [0.29, 0.717) is 24.6 Å². The molecule has 4 rings (SSSR count). The molecule has 3 aromatic rings. The molecule has 0 aliphatic carbocycles. The van der Waals surface area contributed by atoms with Crippen molar-refractivity contribution < 1.29 is 19.4 Å². The number of hydrogen-bond acceptors (Lipinski definition) is 7. The highest BCUT2D eigenvalue weighted by Crippen LogP contribution is 2.34. The van der Waals surface area contributed by atoms with E-state index in [9.17, 15) is 9.90 Å². The Kier molecular flexibility index (Phi) is 5.04. The van der Waals surface area contributed by atoms with Gasteiger partial charge in [0.2, 0.25) is 6.79 Å². The quantitative estimate of drug-likeness (QED) is 0.611. The third-order valence-corrected chi connectivity index (χ3v) is 5.56. The molecule has 1 atom stereocenters. The van der Waals surface area contributed by atoms with E-state index >= 15 is 0 Å². The van der Waals surface area contributed by atoms with Crippen LogP contribution in [0.25, 0.3) is 10.2 Å². The predicted octanol–water partition coefficient (Wildman–Crippen LogP) is 4.31. The van der Waals surface area contributed by atoms with Crippen molar-refractivity contribution in [3.05, 3.63) is 40.5 Å². The van der Waals surface area contributed by atoms with Crippen LogP contribution in [0.5, 0.6) is 11.5 Å². The summed E-state index contributed by atoms with van der Waals surface area (Å²) in [5, 5.41) is 13.9. The molecule has 0 bridgehead atoms. The van der Waals surface area contributed by atoms with Crippen LogP contribution in [0.2, 0.25) is 0 Å². The molecule has 1 aromatic carbocycles. The van der Waals surface area contributed by atoms with Crippen LogP contribution in [-0.2, 0) is 11.3 Å². The van der Waals surface area contributed by atoms with Gasteiger partial charge in [0.05, 0.1) is 5.39 Å². The minimum Gasteiger partial charge on any atom is -0.481 e. The first-order valence-electron chi connectivity index (χ1n) is 9.18. The second kappa shape index (κ2) is 7.63. The summed E-state index contributed by atoms with van der Waals surface area (Å²) in [4.78, 5) is 22.8. The number of ether oxygens (including phenoxy) is 2. The van der Waals surface area contributed by atoms with E-state index in [4.69, 9.17) is 9.47 Å². The summed E-state index contributed by atoms with van der Waals surface area (Å²) in [5.74, 6) is 0.890. The average Bonchev–Trinajstić information content (AvgIpc) is 3.28. The minimum absolute atomic E-state index is 0.240. The monoisotopic (exact) mass is 399 g/mol. The lowest BCUT2D eigenvalue weighted by molar-refractivity contribution is -0.139. The number of anilines is 1. The molecular weight excluding hydrogens is 378 g/mol. The standard InChI is InChI=1S/C20H21N3O4S/c1-3-4-13(20(24)25)18-22-17(14-7-11(2)28-19(14)23-18)21-9-12-5-6-15-16(8-12)27-10-26-15/h5-8,13H,3-4,9-10H2,1-2H3,(H,24,25)(H,21,22,23). The van der Waals surface area contributed by atoms with Gasteiger partial charge in [-0.3, -0.25) is 4.79 Å². The SMILES string of the molecule is CCCC(C(=O)O)c1nc(NCc2ccc3c(c2)OCO3)c2cc(C)sc2n1. The van der Waals surface area contributed by atoms with Gasteiger partial charge in [0.1, 0.15) is 22.4 Å². The third-order valence-electron chi connectivity index (χ3n) is 4.62. The molecule has 0 spiro atoms. The molecule has 1 aliphatic rings. The summed E-state index contributed by atoms with van der Waals surface area (Å²) in [7, 11) is 0. The Morgan fingerprint density at radius 2 is 2.11 bits per heavy atom. The molecule has 1 aliphatic heterocycles. The van der Waals surface area contributed by atoms with Crippen LogP contribution in [0.15, 0.2) is 24.3 Å². The fraction of sp³-hybridized carbons (Fsp3) is 0.350. The number of benzene rings is 1. The second-order valence-corrected chi connectivity index (χ2v) is 7.96. The lowest BCUT2D eigenvalue weighted by Gasteiger charge is -2.13. The first-order chi connectivity index (χ1) is 13.5. The number of thiophene rings is 1. The van der Waals surface area contributed by atoms with Gasteiger partial charge in [0, 0.05) is 11.4 Å². The van der Waals surface area contributed by atoms with Gasteiger partial charge in [-0.05, 0) is 37.1 Å². The maximum atomic E-state index is 11.7. The van der Waals surface area contributed by atoms with Crippen LogP contribution in [0.3, 0.4) is 0 Å². The zero-order chi connectivity index (χ0) is 19.7. The summed E-state index contributed by atoms with van der Waals surface area (Å²) in [5.41, 5.74) is 1.02. The fourth-order valence-corrected chi connectivity index (χ4v) is 4.12. The number of rotatable bonds is 7. The first kappa shape index (κ1) is 18.5. The Morgan fingerprint density at radius 1 is 1.29 bits per heavy atom. The molecule has 0 saturated carbocycles. The van der Waals surface area contributed by atoms with Crippen molar-refractivity contribution in [2.75, 3.05) is 12.1 Å². The van der Waals surface area contributed by atoms with Crippen molar-refractivity contribution in [2.45, 2.75) is 39.2 Å². The van der Waals surface area contributed by atoms with E-state index in [1.807, 2.05) is 38.1 Å². The molecule has 28 heavy (non-hydrogen) atoms. The number of carboxylic acid groups (broad SMARTS) is 1. The number of carboxylic acids is 1. The molecule has 0 amide bonds. The maximum absolute atomic E-state index is 11.7. The molecular formula is C20H21N3O4S. The third kappa shape index (κ3) is 3.60. The Hall–Kier alpha value is -2.87. The lowest BCUT2D eigenvalue weighted by Crippen LogP contribution is -2.16. The van der Waals surface area contributed by atoms with Gasteiger partial charge in [-0.15, -0.1) is 11.3 Å². The number of aromatic nitrogens is 2. The van der Waals surface area contributed by atoms with Gasteiger partial charge in [0.25, 0.3) is 0 Å². The van der Waals surface area contributed by atoms with Gasteiger partial charge in [-0.2, -0.15) is 0 Å². The van der Waals surface area contributed by atoms with Gasteiger partial charge >= 0.3 is 5.97 Å². The first-order valence-corrected chi connectivity index (χ1v) is 10.00. The second-order valence-electron chi connectivity index (χ2n) is 6.73. The van der Waals surface area contributed by atoms with E-state index in [0.717, 1.165) is 38.6 Å². The molecule has 2 aromatic heterocycles. The molecule has 0 saturated heterocycles. The van der Waals surface area contributed by atoms with Crippen molar-refractivity contribution >= 4 is 33.3 Å². The van der Waals surface area contributed by atoms with Crippen molar-refractivity contribution in [1.29, 1.82) is 0 Å².